The summed E-state index contributed by atoms with van der Waals surface area (Å²) < 4.78 is 6.42. The second-order valence-electron chi connectivity index (χ2n) is 2.85. The molecule has 0 saturated heterocycles. The molecule has 2 aromatic rings. The minimum atomic E-state index is 0.766. The SMILES string of the molecule is COc1cc(Cl)c(C)c2ccsc12. The third kappa shape index (κ3) is 1.30. The molecule has 3 heteroatoms. The van der Waals surface area contributed by atoms with E-state index < -0.39 is 0 Å². The van der Waals surface area contributed by atoms with Crippen molar-refractivity contribution in [2.45, 2.75) is 6.92 Å². The van der Waals surface area contributed by atoms with Crippen LogP contribution in [0.2, 0.25) is 5.02 Å². The van der Waals surface area contributed by atoms with E-state index in [0.29, 0.717) is 0 Å². The first-order valence-corrected chi connectivity index (χ1v) is 5.20. The van der Waals surface area contributed by atoms with Crippen molar-refractivity contribution in [1.29, 1.82) is 0 Å². The van der Waals surface area contributed by atoms with E-state index in [0.717, 1.165) is 16.3 Å². The molecule has 68 valence electrons. The standard InChI is InChI=1S/C10H9ClOS/c1-6-7-3-4-13-10(7)9(12-2)5-8(6)11/h3-5H,1-2H3. The first-order valence-electron chi connectivity index (χ1n) is 3.94. The number of hydrogen-bond donors (Lipinski definition) is 0. The zero-order valence-corrected chi connectivity index (χ0v) is 9.00. The average Bonchev–Trinajstić information content (AvgIpc) is 2.60. The summed E-state index contributed by atoms with van der Waals surface area (Å²) in [7, 11) is 1.67. The van der Waals surface area contributed by atoms with Gasteiger partial charge in [0.2, 0.25) is 0 Å². The van der Waals surface area contributed by atoms with Crippen LogP contribution in [0.5, 0.6) is 5.75 Å². The van der Waals surface area contributed by atoms with Crippen molar-refractivity contribution in [3.8, 4) is 5.75 Å². The van der Waals surface area contributed by atoms with Gasteiger partial charge in [0.25, 0.3) is 0 Å². The van der Waals surface area contributed by atoms with Crippen LogP contribution in [-0.2, 0) is 0 Å². The van der Waals surface area contributed by atoms with Gasteiger partial charge in [-0.1, -0.05) is 11.6 Å². The highest BCUT2D eigenvalue weighted by atomic mass is 35.5. The van der Waals surface area contributed by atoms with Gasteiger partial charge in [-0.3, -0.25) is 0 Å². The Labute approximate surface area is 85.9 Å². The molecular formula is C10H9ClOS. The molecule has 0 amide bonds. The Morgan fingerprint density at radius 2 is 2.23 bits per heavy atom. The smallest absolute Gasteiger partial charge is 0.138 e. The summed E-state index contributed by atoms with van der Waals surface area (Å²) in [5.74, 6) is 0.862. The Balaban J connectivity index is 2.87. The highest BCUT2D eigenvalue weighted by molar-refractivity contribution is 7.17. The number of methoxy groups -OCH3 is 1. The van der Waals surface area contributed by atoms with Gasteiger partial charge >= 0.3 is 0 Å². The van der Waals surface area contributed by atoms with E-state index in [4.69, 9.17) is 16.3 Å². The topological polar surface area (TPSA) is 9.23 Å². The summed E-state index contributed by atoms with van der Waals surface area (Å²) in [4.78, 5) is 0. The average molecular weight is 213 g/mol. The van der Waals surface area contributed by atoms with Crippen molar-refractivity contribution >= 4 is 33.0 Å². The Kier molecular flexibility index (Phi) is 2.18. The third-order valence-electron chi connectivity index (χ3n) is 2.13. The lowest BCUT2D eigenvalue weighted by Gasteiger charge is -2.05. The van der Waals surface area contributed by atoms with Crippen molar-refractivity contribution in [3.63, 3.8) is 0 Å². The summed E-state index contributed by atoms with van der Waals surface area (Å²) in [5, 5.41) is 4.01. The summed E-state index contributed by atoms with van der Waals surface area (Å²) in [6, 6.07) is 3.94. The molecule has 0 radical (unpaired) electrons. The van der Waals surface area contributed by atoms with Crippen molar-refractivity contribution in [3.05, 3.63) is 28.1 Å². The van der Waals surface area contributed by atoms with Crippen LogP contribution in [-0.4, -0.2) is 7.11 Å². The molecule has 0 atom stereocenters. The maximum absolute atomic E-state index is 6.05. The highest BCUT2D eigenvalue weighted by Crippen LogP contribution is 2.36. The van der Waals surface area contributed by atoms with Gasteiger partial charge in [0.15, 0.2) is 0 Å². The molecule has 0 saturated carbocycles. The third-order valence-corrected chi connectivity index (χ3v) is 3.45. The molecule has 1 heterocycles. The molecule has 0 spiro atoms. The van der Waals surface area contributed by atoms with Crippen LogP contribution in [0.15, 0.2) is 17.5 Å². The molecule has 13 heavy (non-hydrogen) atoms. The van der Waals surface area contributed by atoms with E-state index in [2.05, 4.69) is 11.4 Å². The number of ether oxygens (including phenoxy) is 1. The number of aryl methyl sites for hydroxylation is 1. The van der Waals surface area contributed by atoms with E-state index in [1.54, 1.807) is 18.4 Å². The summed E-state index contributed by atoms with van der Waals surface area (Å²) >= 11 is 7.73. The lowest BCUT2D eigenvalue weighted by atomic mass is 10.1. The van der Waals surface area contributed by atoms with E-state index in [1.165, 1.54) is 10.1 Å². The van der Waals surface area contributed by atoms with Crippen LogP contribution < -0.4 is 4.74 Å². The van der Waals surface area contributed by atoms with Gasteiger partial charge in [-0.05, 0) is 23.9 Å². The van der Waals surface area contributed by atoms with Crippen molar-refractivity contribution in [2.75, 3.05) is 7.11 Å². The fraction of sp³-hybridized carbons (Fsp3) is 0.200. The van der Waals surface area contributed by atoms with E-state index in [-0.39, 0.29) is 0 Å². The van der Waals surface area contributed by atoms with Crippen molar-refractivity contribution in [2.24, 2.45) is 0 Å². The maximum Gasteiger partial charge on any atom is 0.138 e. The molecule has 0 N–H and O–H groups in total. The lowest BCUT2D eigenvalue weighted by molar-refractivity contribution is 0.420. The molecule has 0 fully saturated rings. The van der Waals surface area contributed by atoms with Crippen molar-refractivity contribution in [1.82, 2.24) is 0 Å². The zero-order chi connectivity index (χ0) is 9.42. The molecule has 0 aliphatic carbocycles. The fourth-order valence-corrected chi connectivity index (χ4v) is 2.51. The number of rotatable bonds is 1. The van der Waals surface area contributed by atoms with Gasteiger partial charge in [0, 0.05) is 16.5 Å². The van der Waals surface area contributed by atoms with Crippen molar-refractivity contribution < 1.29 is 4.74 Å². The van der Waals surface area contributed by atoms with Crippen LogP contribution in [0.4, 0.5) is 0 Å². The van der Waals surface area contributed by atoms with Crippen LogP contribution >= 0.6 is 22.9 Å². The number of fused-ring (bicyclic) bond motifs is 1. The minimum Gasteiger partial charge on any atom is -0.495 e. The number of halogens is 1. The predicted octanol–water partition coefficient (Wildman–Crippen LogP) is 3.87. The molecule has 0 aliphatic heterocycles. The maximum atomic E-state index is 6.05. The van der Waals surface area contributed by atoms with Gasteiger partial charge in [0.05, 0.1) is 11.8 Å². The van der Waals surface area contributed by atoms with Gasteiger partial charge in [-0.25, -0.2) is 0 Å². The van der Waals surface area contributed by atoms with Crippen LogP contribution in [0.25, 0.3) is 10.1 Å². The Morgan fingerprint density at radius 1 is 1.46 bits per heavy atom. The highest BCUT2D eigenvalue weighted by Gasteiger charge is 2.08. The molecule has 1 nitrogen and oxygen atoms in total. The quantitative estimate of drug-likeness (QED) is 0.697. The zero-order valence-electron chi connectivity index (χ0n) is 7.43. The molecular weight excluding hydrogens is 204 g/mol. The lowest BCUT2D eigenvalue weighted by Crippen LogP contribution is -1.84. The Morgan fingerprint density at radius 3 is 2.92 bits per heavy atom. The minimum absolute atomic E-state index is 0.766. The fourth-order valence-electron chi connectivity index (χ4n) is 1.36. The number of thiophene rings is 1. The molecule has 0 unspecified atom stereocenters. The first kappa shape index (κ1) is 8.85. The number of benzene rings is 1. The van der Waals surface area contributed by atoms with Gasteiger partial charge in [-0.15, -0.1) is 11.3 Å². The normalized spacial score (nSPS) is 10.7. The van der Waals surface area contributed by atoms with Gasteiger partial charge in [-0.2, -0.15) is 0 Å². The molecule has 2 rings (SSSR count). The van der Waals surface area contributed by atoms with E-state index >= 15 is 0 Å². The van der Waals surface area contributed by atoms with Crippen LogP contribution in [0, 0.1) is 6.92 Å². The summed E-state index contributed by atoms with van der Waals surface area (Å²) in [6.07, 6.45) is 0. The largest absolute Gasteiger partial charge is 0.495 e. The van der Waals surface area contributed by atoms with Crippen LogP contribution in [0.3, 0.4) is 0 Å². The van der Waals surface area contributed by atoms with Gasteiger partial charge in [0.1, 0.15) is 5.75 Å². The second-order valence-corrected chi connectivity index (χ2v) is 4.17. The summed E-state index contributed by atoms with van der Waals surface area (Å²) in [5.41, 5.74) is 1.12. The molecule has 1 aromatic carbocycles. The molecule has 1 aromatic heterocycles. The summed E-state index contributed by atoms with van der Waals surface area (Å²) in [6.45, 7) is 2.02. The van der Waals surface area contributed by atoms with Crippen LogP contribution in [0.1, 0.15) is 5.56 Å². The molecule has 0 aliphatic rings. The number of hydrogen-bond acceptors (Lipinski definition) is 2. The van der Waals surface area contributed by atoms with E-state index in [1.807, 2.05) is 13.0 Å². The predicted molar refractivity (Wildman–Crippen MR) is 58.1 cm³/mol. The Bertz CT molecular complexity index is 447. The second kappa shape index (κ2) is 3.20. The van der Waals surface area contributed by atoms with Gasteiger partial charge < -0.3 is 4.74 Å². The van der Waals surface area contributed by atoms with E-state index in [9.17, 15) is 0 Å². The molecule has 0 bridgehead atoms. The monoisotopic (exact) mass is 212 g/mol. The first-order chi connectivity index (χ1) is 6.24. The Hall–Kier alpha value is -0.730.